The van der Waals surface area contributed by atoms with Gasteiger partial charge in [-0.25, -0.2) is 0 Å². The minimum atomic E-state index is -2.57. The van der Waals surface area contributed by atoms with E-state index >= 15 is 0 Å². The van der Waals surface area contributed by atoms with E-state index in [1.807, 2.05) is 6.92 Å². The van der Waals surface area contributed by atoms with Crippen molar-refractivity contribution >= 4 is 14.2 Å². The molecule has 0 fully saturated rings. The quantitative estimate of drug-likeness (QED) is 0.203. The van der Waals surface area contributed by atoms with Crippen LogP contribution in [0, 0.1) is 0 Å². The van der Waals surface area contributed by atoms with Crippen molar-refractivity contribution in [1.82, 2.24) is 0 Å². The summed E-state index contributed by atoms with van der Waals surface area (Å²) in [4.78, 5) is 14.6. The molecule has 6 heteroatoms. The van der Waals surface area contributed by atoms with Crippen LogP contribution in [0.4, 0.5) is 0 Å². The van der Waals surface area contributed by atoms with E-state index in [1.54, 1.807) is 0 Å². The van der Waals surface area contributed by atoms with Gasteiger partial charge in [0.1, 0.15) is 6.61 Å². The Morgan fingerprint density at radius 3 is 2.82 bits per heavy atom. The number of hydrogen-bond donors (Lipinski definition) is 0. The van der Waals surface area contributed by atoms with Crippen molar-refractivity contribution in [1.29, 1.82) is 0 Å². The van der Waals surface area contributed by atoms with Crippen LogP contribution >= 0.6 is 8.03 Å². The molecule has 0 saturated carbocycles. The first kappa shape index (κ1) is 14.2. The SMILES string of the molecule is CCON=CCC[PH](=O)[O-].[Na+]. The summed E-state index contributed by atoms with van der Waals surface area (Å²) in [6.07, 6.45) is 2.09. The summed E-state index contributed by atoms with van der Waals surface area (Å²) >= 11 is 0. The van der Waals surface area contributed by atoms with Crippen LogP contribution in [-0.2, 0) is 9.40 Å². The summed E-state index contributed by atoms with van der Waals surface area (Å²) < 4.78 is 10.0. The van der Waals surface area contributed by atoms with E-state index in [0.29, 0.717) is 13.0 Å². The Labute approximate surface area is 89.2 Å². The van der Waals surface area contributed by atoms with Crippen molar-refractivity contribution < 1.29 is 43.9 Å². The van der Waals surface area contributed by atoms with Crippen molar-refractivity contribution in [2.75, 3.05) is 12.8 Å². The molecule has 11 heavy (non-hydrogen) atoms. The number of oxime groups is 1. The van der Waals surface area contributed by atoms with Crippen LogP contribution < -0.4 is 34.5 Å². The van der Waals surface area contributed by atoms with E-state index < -0.39 is 8.03 Å². The minimum Gasteiger partial charge on any atom is -0.802 e. The van der Waals surface area contributed by atoms with Gasteiger partial charge in [0.05, 0.1) is 0 Å². The van der Waals surface area contributed by atoms with Gasteiger partial charge in [-0.05, 0) is 19.5 Å². The van der Waals surface area contributed by atoms with Crippen LogP contribution in [0.3, 0.4) is 0 Å². The van der Waals surface area contributed by atoms with Crippen LogP contribution in [0.15, 0.2) is 5.16 Å². The molecule has 0 aliphatic rings. The van der Waals surface area contributed by atoms with E-state index in [0.717, 1.165) is 0 Å². The molecule has 0 spiro atoms. The zero-order valence-corrected chi connectivity index (χ0v) is 9.87. The molecule has 60 valence electrons. The van der Waals surface area contributed by atoms with Crippen LogP contribution in [0.2, 0.25) is 0 Å². The molecule has 1 unspecified atom stereocenters. The summed E-state index contributed by atoms with van der Waals surface area (Å²) in [6, 6.07) is 0. The van der Waals surface area contributed by atoms with Gasteiger partial charge < -0.3 is 14.3 Å². The molecule has 0 heterocycles. The van der Waals surface area contributed by atoms with Crippen molar-refractivity contribution in [3.63, 3.8) is 0 Å². The standard InChI is InChI=1S/C5H12NO3P.Na/c1-2-9-6-4-3-5-10(7)8;/h4,10H,2-3,5H2,1H3,(H,7,8);/q;+1/p-1. The van der Waals surface area contributed by atoms with Crippen LogP contribution in [-0.4, -0.2) is 19.0 Å². The van der Waals surface area contributed by atoms with E-state index in [1.165, 1.54) is 6.21 Å². The molecule has 4 nitrogen and oxygen atoms in total. The Balaban J connectivity index is 0. The second kappa shape index (κ2) is 10.7. The average Bonchev–Trinajstić information content (AvgIpc) is 1.87. The number of nitrogens with zero attached hydrogens (tertiary/aromatic N) is 1. The summed E-state index contributed by atoms with van der Waals surface area (Å²) in [6.45, 7) is 2.33. The van der Waals surface area contributed by atoms with Crippen molar-refractivity contribution in [3.8, 4) is 0 Å². The third-order valence-electron chi connectivity index (χ3n) is 0.756. The molecule has 0 aromatic heterocycles. The largest absolute Gasteiger partial charge is 1.00 e. The smallest absolute Gasteiger partial charge is 0.802 e. The molecule has 0 aromatic rings. The molecule has 0 aliphatic carbocycles. The maximum atomic E-state index is 10.0. The molecule has 0 saturated heterocycles. The molecular formula is C5H11NNaO3P. The van der Waals surface area contributed by atoms with Gasteiger partial charge in [0.15, 0.2) is 0 Å². The molecular weight excluding hydrogens is 176 g/mol. The van der Waals surface area contributed by atoms with Crippen molar-refractivity contribution in [2.45, 2.75) is 13.3 Å². The Bertz CT molecular complexity index is 131. The minimum absolute atomic E-state index is 0. The molecule has 0 N–H and O–H groups in total. The molecule has 0 radical (unpaired) electrons. The maximum Gasteiger partial charge on any atom is 1.00 e. The van der Waals surface area contributed by atoms with Gasteiger partial charge in [0.25, 0.3) is 0 Å². The average molecular weight is 187 g/mol. The fourth-order valence-electron chi connectivity index (χ4n) is 0.362. The number of hydrogen-bond acceptors (Lipinski definition) is 4. The molecule has 1 atom stereocenters. The zero-order chi connectivity index (χ0) is 7.82. The van der Waals surface area contributed by atoms with E-state index in [2.05, 4.69) is 9.99 Å². The van der Waals surface area contributed by atoms with Gasteiger partial charge in [0.2, 0.25) is 0 Å². The van der Waals surface area contributed by atoms with Crippen LogP contribution in [0.5, 0.6) is 0 Å². The third-order valence-corrected chi connectivity index (χ3v) is 1.45. The summed E-state index contributed by atoms with van der Waals surface area (Å²) in [5.41, 5.74) is 0. The first-order chi connectivity index (χ1) is 4.77. The van der Waals surface area contributed by atoms with Gasteiger partial charge in [-0.3, -0.25) is 0 Å². The monoisotopic (exact) mass is 187 g/mol. The first-order valence-electron chi connectivity index (χ1n) is 3.11. The first-order valence-corrected chi connectivity index (χ1v) is 4.63. The van der Waals surface area contributed by atoms with Gasteiger partial charge >= 0.3 is 29.6 Å². The molecule has 0 aromatic carbocycles. The normalized spacial score (nSPS) is 12.5. The Hall–Kier alpha value is 0.660. The molecule has 0 aliphatic heterocycles. The fourth-order valence-corrected chi connectivity index (χ4v) is 0.727. The van der Waals surface area contributed by atoms with E-state index in [4.69, 9.17) is 0 Å². The van der Waals surface area contributed by atoms with Gasteiger partial charge in [-0.2, -0.15) is 0 Å². The second-order valence-electron chi connectivity index (χ2n) is 1.62. The maximum absolute atomic E-state index is 10.0. The van der Waals surface area contributed by atoms with Crippen molar-refractivity contribution in [2.24, 2.45) is 5.16 Å². The third kappa shape index (κ3) is 13.6. The van der Waals surface area contributed by atoms with Crippen LogP contribution in [0.1, 0.15) is 13.3 Å². The fraction of sp³-hybridized carbons (Fsp3) is 0.800. The molecule has 0 amide bonds. The van der Waals surface area contributed by atoms with Crippen LogP contribution in [0.25, 0.3) is 0 Å². The van der Waals surface area contributed by atoms with Gasteiger partial charge in [-0.15, -0.1) is 0 Å². The summed E-state index contributed by atoms with van der Waals surface area (Å²) in [7, 11) is -2.57. The van der Waals surface area contributed by atoms with Crippen molar-refractivity contribution in [3.05, 3.63) is 0 Å². The number of rotatable bonds is 5. The predicted molar refractivity (Wildman–Crippen MR) is 38.6 cm³/mol. The van der Waals surface area contributed by atoms with E-state index in [9.17, 15) is 9.46 Å². The summed E-state index contributed by atoms with van der Waals surface area (Å²) in [5, 5.41) is 3.48. The Morgan fingerprint density at radius 2 is 2.36 bits per heavy atom. The Morgan fingerprint density at radius 1 is 1.73 bits per heavy atom. The van der Waals surface area contributed by atoms with E-state index in [-0.39, 0.29) is 35.7 Å². The van der Waals surface area contributed by atoms with Gasteiger partial charge in [-0.1, -0.05) is 5.16 Å². The topological polar surface area (TPSA) is 61.7 Å². The second-order valence-corrected chi connectivity index (χ2v) is 2.86. The zero-order valence-electron chi connectivity index (χ0n) is 6.87. The molecule has 0 rings (SSSR count). The molecule has 0 bridgehead atoms. The predicted octanol–water partition coefficient (Wildman–Crippen LogP) is -2.76. The Kier molecular flexibility index (Phi) is 13.8. The summed E-state index contributed by atoms with van der Waals surface area (Å²) in [5.74, 6) is 0. The van der Waals surface area contributed by atoms with Gasteiger partial charge in [0, 0.05) is 14.2 Å².